The summed E-state index contributed by atoms with van der Waals surface area (Å²) in [6, 6.07) is 8.89. The number of ketones is 1. The zero-order chi connectivity index (χ0) is 23.3. The zero-order valence-electron chi connectivity index (χ0n) is 16.8. The Labute approximate surface area is 187 Å². The maximum Gasteiger partial charge on any atom is 0.573 e. The Kier molecular flexibility index (Phi) is 5.00. The van der Waals surface area contributed by atoms with Crippen molar-refractivity contribution in [3.63, 3.8) is 0 Å². The van der Waals surface area contributed by atoms with Crippen LogP contribution >= 0.6 is 11.3 Å². The van der Waals surface area contributed by atoms with Gasteiger partial charge in [-0.05, 0) is 35.6 Å². The van der Waals surface area contributed by atoms with Gasteiger partial charge in [-0.25, -0.2) is 4.79 Å². The fraction of sp³-hybridized carbons (Fsp3) is 0.227. The smallest absolute Gasteiger partial charge is 0.406 e. The number of halogens is 3. The number of fused-ring (bicyclic) bond motifs is 1. The molecule has 0 radical (unpaired) electrons. The van der Waals surface area contributed by atoms with Crippen molar-refractivity contribution < 1.29 is 22.7 Å². The van der Waals surface area contributed by atoms with Crippen LogP contribution in [0.5, 0.6) is 5.75 Å². The number of carbonyl (C=O) groups is 1. The molecule has 2 aromatic heterocycles. The molecule has 1 aromatic carbocycles. The van der Waals surface area contributed by atoms with Gasteiger partial charge in [0.05, 0.1) is 5.56 Å². The van der Waals surface area contributed by atoms with E-state index in [0.717, 1.165) is 17.0 Å². The second-order valence-electron chi connectivity index (χ2n) is 7.81. The van der Waals surface area contributed by atoms with Crippen LogP contribution in [0.25, 0.3) is 0 Å². The number of carbonyl (C=O) groups excluding carboxylic acids is 1. The van der Waals surface area contributed by atoms with Gasteiger partial charge in [0.25, 0.3) is 5.56 Å². The van der Waals surface area contributed by atoms with Gasteiger partial charge in [0.1, 0.15) is 11.6 Å². The molecule has 0 fully saturated rings. The van der Waals surface area contributed by atoms with Gasteiger partial charge in [-0.3, -0.25) is 19.6 Å². The lowest BCUT2D eigenvalue weighted by molar-refractivity contribution is -0.274. The average Bonchev–Trinajstić information content (AvgIpc) is 3.26. The molecule has 2 aliphatic rings. The first kappa shape index (κ1) is 21.3. The average molecular weight is 475 g/mol. The summed E-state index contributed by atoms with van der Waals surface area (Å²) in [6.45, 7) is 0. The molecule has 33 heavy (non-hydrogen) atoms. The van der Waals surface area contributed by atoms with Gasteiger partial charge >= 0.3 is 12.1 Å². The third kappa shape index (κ3) is 3.99. The van der Waals surface area contributed by atoms with Crippen molar-refractivity contribution in [1.29, 1.82) is 0 Å². The highest BCUT2D eigenvalue weighted by Crippen LogP contribution is 2.46. The van der Waals surface area contributed by atoms with Crippen molar-refractivity contribution in [3.8, 4) is 5.75 Å². The van der Waals surface area contributed by atoms with Crippen molar-refractivity contribution in [3.05, 3.63) is 89.9 Å². The van der Waals surface area contributed by atoms with Gasteiger partial charge in [-0.15, -0.1) is 24.5 Å². The molecule has 3 aromatic rings. The van der Waals surface area contributed by atoms with Gasteiger partial charge in [-0.2, -0.15) is 0 Å². The zero-order valence-corrected chi connectivity index (χ0v) is 17.6. The molecule has 1 aliphatic carbocycles. The van der Waals surface area contributed by atoms with Gasteiger partial charge in [0.2, 0.25) is 0 Å². The van der Waals surface area contributed by atoms with Crippen molar-refractivity contribution >= 4 is 22.9 Å². The molecule has 170 valence electrons. The number of anilines is 1. The van der Waals surface area contributed by atoms with E-state index in [4.69, 9.17) is 0 Å². The van der Waals surface area contributed by atoms with E-state index >= 15 is 0 Å². The number of rotatable bonds is 3. The summed E-state index contributed by atoms with van der Waals surface area (Å²) in [4.78, 5) is 43.7. The van der Waals surface area contributed by atoms with Crippen LogP contribution < -0.4 is 21.3 Å². The molecule has 0 saturated heterocycles. The van der Waals surface area contributed by atoms with E-state index < -0.39 is 29.3 Å². The Morgan fingerprint density at radius 2 is 1.76 bits per heavy atom. The summed E-state index contributed by atoms with van der Waals surface area (Å²) in [5, 5.41) is 4.99. The van der Waals surface area contributed by atoms with Crippen LogP contribution in [0, 0.1) is 0 Å². The predicted molar refractivity (Wildman–Crippen MR) is 115 cm³/mol. The number of ether oxygens (including phenoxy) is 1. The standard InChI is InChI=1S/C22H16F3N3O4S/c23-22(24,25)32-12-5-3-10(4-6-12)16-17-13(26-19-18(16)20(30)28-21(31)27-19)8-11(9-14(17)29)15-2-1-7-33-15/h1-7,11,16H,8-9H2,(H3,26,27,28,30,31). The number of aromatic nitrogens is 2. The van der Waals surface area contributed by atoms with Crippen LogP contribution in [0.1, 0.15) is 40.7 Å². The molecule has 1 aliphatic heterocycles. The number of alkyl halides is 3. The largest absolute Gasteiger partial charge is 0.573 e. The summed E-state index contributed by atoms with van der Waals surface area (Å²) in [6.07, 6.45) is -4.11. The minimum Gasteiger partial charge on any atom is -0.406 e. The molecule has 5 rings (SSSR count). The first-order chi connectivity index (χ1) is 15.7. The third-order valence-corrected chi connectivity index (χ3v) is 6.77. The van der Waals surface area contributed by atoms with Crippen molar-refractivity contribution in [2.75, 3.05) is 5.32 Å². The number of hydrogen-bond acceptors (Lipinski definition) is 6. The minimum atomic E-state index is -4.84. The summed E-state index contributed by atoms with van der Waals surface area (Å²) in [5.41, 5.74) is 0.124. The van der Waals surface area contributed by atoms with Gasteiger partial charge in [-0.1, -0.05) is 18.2 Å². The number of hydrogen-bond donors (Lipinski definition) is 3. The van der Waals surface area contributed by atoms with E-state index in [2.05, 4.69) is 20.0 Å². The second kappa shape index (κ2) is 7.77. The van der Waals surface area contributed by atoms with Gasteiger partial charge in [0.15, 0.2) is 5.78 Å². The molecule has 3 N–H and O–H groups in total. The molecule has 2 atom stereocenters. The second-order valence-corrected chi connectivity index (χ2v) is 8.79. The third-order valence-electron chi connectivity index (χ3n) is 5.73. The van der Waals surface area contributed by atoms with Crippen LogP contribution in [0.2, 0.25) is 0 Å². The number of aromatic amines is 2. The van der Waals surface area contributed by atoms with Gasteiger partial charge < -0.3 is 10.1 Å². The lowest BCUT2D eigenvalue weighted by Gasteiger charge is -2.35. The molecular weight excluding hydrogens is 459 g/mol. The maximum atomic E-state index is 13.3. The fourth-order valence-electron chi connectivity index (χ4n) is 4.47. The summed E-state index contributed by atoms with van der Waals surface area (Å²) in [7, 11) is 0. The number of benzene rings is 1. The van der Waals surface area contributed by atoms with Crippen LogP contribution in [0.15, 0.2) is 62.6 Å². The van der Waals surface area contributed by atoms with E-state index in [-0.39, 0.29) is 29.5 Å². The van der Waals surface area contributed by atoms with Crippen LogP contribution in [0.3, 0.4) is 0 Å². The quantitative estimate of drug-likeness (QED) is 0.532. The Morgan fingerprint density at radius 1 is 1.00 bits per heavy atom. The topological polar surface area (TPSA) is 104 Å². The molecule has 0 spiro atoms. The number of nitrogens with one attached hydrogen (secondary N) is 3. The molecular formula is C22H16F3N3O4S. The van der Waals surface area contributed by atoms with E-state index in [9.17, 15) is 27.6 Å². The molecule has 11 heteroatoms. The lowest BCUT2D eigenvalue weighted by atomic mass is 9.73. The summed E-state index contributed by atoms with van der Waals surface area (Å²) in [5.74, 6) is -1.32. The monoisotopic (exact) mass is 475 g/mol. The van der Waals surface area contributed by atoms with Crippen molar-refractivity contribution in [2.45, 2.75) is 31.0 Å². The minimum absolute atomic E-state index is 0.0535. The highest BCUT2D eigenvalue weighted by molar-refractivity contribution is 7.10. The molecule has 2 unspecified atom stereocenters. The molecule has 0 bridgehead atoms. The number of Topliss-reactive ketones (excluding diaryl/α,β-unsaturated/α-hetero) is 1. The molecule has 0 amide bonds. The van der Waals surface area contributed by atoms with E-state index in [1.165, 1.54) is 12.1 Å². The molecule has 7 nitrogen and oxygen atoms in total. The van der Waals surface area contributed by atoms with Crippen LogP contribution in [0.4, 0.5) is 19.0 Å². The van der Waals surface area contributed by atoms with E-state index in [1.54, 1.807) is 11.3 Å². The van der Waals surface area contributed by atoms with Gasteiger partial charge in [0, 0.05) is 34.4 Å². The number of H-pyrrole nitrogens is 2. The Balaban J connectivity index is 1.62. The maximum absolute atomic E-state index is 13.3. The van der Waals surface area contributed by atoms with E-state index in [0.29, 0.717) is 23.3 Å². The van der Waals surface area contributed by atoms with Crippen LogP contribution in [-0.4, -0.2) is 22.1 Å². The Morgan fingerprint density at radius 3 is 2.42 bits per heavy atom. The molecule has 0 saturated carbocycles. The van der Waals surface area contributed by atoms with Crippen molar-refractivity contribution in [1.82, 2.24) is 9.97 Å². The first-order valence-corrected chi connectivity index (χ1v) is 10.9. The number of allylic oxidation sites excluding steroid dienone is 2. The fourth-order valence-corrected chi connectivity index (χ4v) is 5.30. The lowest BCUT2D eigenvalue weighted by Crippen LogP contribution is -2.37. The Hall–Kier alpha value is -3.60. The van der Waals surface area contributed by atoms with Crippen LogP contribution in [-0.2, 0) is 4.79 Å². The predicted octanol–water partition coefficient (Wildman–Crippen LogP) is 3.98. The first-order valence-electron chi connectivity index (χ1n) is 9.98. The summed E-state index contributed by atoms with van der Waals surface area (Å²) < 4.78 is 41.6. The summed E-state index contributed by atoms with van der Waals surface area (Å²) >= 11 is 1.54. The molecule has 3 heterocycles. The number of thiophene rings is 1. The highest BCUT2D eigenvalue weighted by atomic mass is 32.1. The van der Waals surface area contributed by atoms with Crippen molar-refractivity contribution in [2.24, 2.45) is 0 Å². The normalized spacial score (nSPS) is 20.2. The highest BCUT2D eigenvalue weighted by Gasteiger charge is 2.40. The van der Waals surface area contributed by atoms with E-state index in [1.807, 2.05) is 17.5 Å². The SMILES string of the molecule is O=C1CC(c2cccs2)CC2=C1C(c1ccc(OC(F)(F)F)cc1)c1c([nH]c(=O)[nH]c1=O)N2. The Bertz CT molecular complexity index is 1370.